The van der Waals surface area contributed by atoms with E-state index in [1.807, 2.05) is 19.1 Å². The highest BCUT2D eigenvalue weighted by molar-refractivity contribution is 6.21. The van der Waals surface area contributed by atoms with E-state index in [0.29, 0.717) is 11.3 Å². The molecule has 0 saturated heterocycles. The van der Waals surface area contributed by atoms with Gasteiger partial charge in [0.2, 0.25) is 0 Å². The number of hydrogen-bond donors (Lipinski definition) is 2. The lowest BCUT2D eigenvalue weighted by atomic mass is 9.72. The van der Waals surface area contributed by atoms with E-state index in [1.54, 1.807) is 43.3 Å². The van der Waals surface area contributed by atoms with Crippen LogP contribution in [0, 0.1) is 5.41 Å². The van der Waals surface area contributed by atoms with Gasteiger partial charge in [-0.3, -0.25) is 4.79 Å². The van der Waals surface area contributed by atoms with Crippen molar-refractivity contribution in [2.75, 3.05) is 5.32 Å². The molecule has 0 spiro atoms. The Kier molecular flexibility index (Phi) is 8.38. The molecule has 1 aromatic rings. The van der Waals surface area contributed by atoms with Gasteiger partial charge in [-0.1, -0.05) is 73.6 Å². The van der Waals surface area contributed by atoms with E-state index in [2.05, 4.69) is 38.2 Å². The second-order valence-electron chi connectivity index (χ2n) is 8.72. The molecule has 1 aliphatic rings. The summed E-state index contributed by atoms with van der Waals surface area (Å²) in [6, 6.07) is 8.81. The van der Waals surface area contributed by atoms with Gasteiger partial charge in [-0.25, -0.2) is 4.79 Å². The average Bonchev–Trinajstić information content (AvgIpc) is 2.67. The van der Waals surface area contributed by atoms with Crippen LogP contribution in [0.5, 0.6) is 0 Å². The normalized spacial score (nSPS) is 17.8. The third-order valence-corrected chi connectivity index (χ3v) is 5.63. The number of carboxylic acid groups (broad SMARTS) is 1. The molecule has 0 bridgehead atoms. The van der Waals surface area contributed by atoms with Gasteiger partial charge >= 0.3 is 5.97 Å². The number of amides is 1. The smallest absolute Gasteiger partial charge is 0.341 e. The number of allylic oxidation sites excluding steroid dienone is 9. The van der Waals surface area contributed by atoms with E-state index >= 15 is 0 Å². The zero-order valence-electron chi connectivity index (χ0n) is 19.2. The molecule has 0 heterocycles. The summed E-state index contributed by atoms with van der Waals surface area (Å²) < 4.78 is 0. The fourth-order valence-electron chi connectivity index (χ4n) is 3.87. The van der Waals surface area contributed by atoms with Crippen LogP contribution in [-0.2, 0) is 9.59 Å². The third-order valence-electron chi connectivity index (χ3n) is 5.63. The molecule has 0 saturated carbocycles. The first-order valence-corrected chi connectivity index (χ1v) is 10.7. The topological polar surface area (TPSA) is 66.4 Å². The predicted molar refractivity (Wildman–Crippen MR) is 128 cm³/mol. The van der Waals surface area contributed by atoms with Crippen molar-refractivity contribution >= 4 is 17.6 Å². The van der Waals surface area contributed by atoms with E-state index in [0.717, 1.165) is 12.0 Å². The molecule has 4 heteroatoms. The molecule has 0 aromatic heterocycles. The summed E-state index contributed by atoms with van der Waals surface area (Å²) in [5, 5.41) is 12.1. The second kappa shape index (κ2) is 10.8. The van der Waals surface area contributed by atoms with Crippen molar-refractivity contribution in [2.24, 2.45) is 5.41 Å². The summed E-state index contributed by atoms with van der Waals surface area (Å²) in [7, 11) is 0. The zero-order chi connectivity index (χ0) is 23.0. The van der Waals surface area contributed by atoms with E-state index in [4.69, 9.17) is 0 Å². The summed E-state index contributed by atoms with van der Waals surface area (Å²) in [5.41, 5.74) is 4.77. The Morgan fingerprint density at radius 2 is 1.77 bits per heavy atom. The maximum atomic E-state index is 12.4. The lowest BCUT2D eigenvalue weighted by molar-refractivity contribution is -0.134. The number of carbonyl (C=O) groups is 2. The van der Waals surface area contributed by atoms with Gasteiger partial charge in [0.1, 0.15) is 5.57 Å². The minimum absolute atomic E-state index is 0.191. The molecule has 164 valence electrons. The van der Waals surface area contributed by atoms with Gasteiger partial charge in [0.15, 0.2) is 0 Å². The molecule has 2 N–H and O–H groups in total. The van der Waals surface area contributed by atoms with Crippen LogP contribution in [0.25, 0.3) is 0 Å². The minimum Gasteiger partial charge on any atom is -0.477 e. The van der Waals surface area contributed by atoms with Crippen LogP contribution < -0.4 is 5.32 Å². The van der Waals surface area contributed by atoms with Gasteiger partial charge in [-0.2, -0.15) is 0 Å². The fraction of sp³-hybridized carbons (Fsp3) is 0.333. The molecule has 0 atom stereocenters. The average molecular weight is 420 g/mol. The van der Waals surface area contributed by atoms with E-state index in [-0.39, 0.29) is 11.0 Å². The van der Waals surface area contributed by atoms with Crippen molar-refractivity contribution in [3.8, 4) is 0 Å². The van der Waals surface area contributed by atoms with Gasteiger partial charge in [-0.15, -0.1) is 0 Å². The highest BCUT2D eigenvalue weighted by Gasteiger charge is 2.26. The van der Waals surface area contributed by atoms with Crippen LogP contribution in [-0.4, -0.2) is 17.0 Å². The predicted octanol–water partition coefficient (Wildman–Crippen LogP) is 6.61. The minimum atomic E-state index is -1.25. The summed E-state index contributed by atoms with van der Waals surface area (Å²) in [4.78, 5) is 24.1. The monoisotopic (exact) mass is 419 g/mol. The number of carbonyl (C=O) groups excluding carboxylic acids is 1. The third kappa shape index (κ3) is 6.95. The fourth-order valence-corrected chi connectivity index (χ4v) is 3.87. The summed E-state index contributed by atoms with van der Waals surface area (Å²) in [6.07, 6.45) is 13.2. The Bertz CT molecular complexity index is 973. The Morgan fingerprint density at radius 1 is 1.10 bits per heavy atom. The summed E-state index contributed by atoms with van der Waals surface area (Å²) in [5.74, 6) is -1.89. The van der Waals surface area contributed by atoms with Crippen LogP contribution in [0.4, 0.5) is 5.69 Å². The lowest BCUT2D eigenvalue weighted by Gasteiger charge is -2.32. The molecule has 1 aliphatic carbocycles. The van der Waals surface area contributed by atoms with E-state index in [1.165, 1.54) is 24.0 Å². The number of nitrogens with one attached hydrogen (secondary N) is 1. The van der Waals surface area contributed by atoms with E-state index in [9.17, 15) is 14.7 Å². The number of carboxylic acids is 1. The van der Waals surface area contributed by atoms with Gasteiger partial charge < -0.3 is 10.4 Å². The van der Waals surface area contributed by atoms with Gasteiger partial charge in [0, 0.05) is 5.69 Å². The van der Waals surface area contributed by atoms with Crippen molar-refractivity contribution in [2.45, 2.75) is 53.9 Å². The van der Waals surface area contributed by atoms with Crippen LogP contribution in [0.15, 0.2) is 88.6 Å². The molecular formula is C27H33NO3. The molecule has 0 fully saturated rings. The molecule has 1 amide bonds. The maximum Gasteiger partial charge on any atom is 0.341 e. The molecular weight excluding hydrogens is 386 g/mol. The Labute approximate surface area is 185 Å². The highest BCUT2D eigenvalue weighted by atomic mass is 16.4. The van der Waals surface area contributed by atoms with Crippen molar-refractivity contribution < 1.29 is 14.7 Å². The maximum absolute atomic E-state index is 12.4. The number of hydrogen-bond acceptors (Lipinski definition) is 2. The van der Waals surface area contributed by atoms with Crippen LogP contribution in [0.1, 0.15) is 53.9 Å². The molecule has 0 unspecified atom stereocenters. The molecule has 31 heavy (non-hydrogen) atoms. The van der Waals surface area contributed by atoms with Crippen LogP contribution in [0.2, 0.25) is 0 Å². The molecule has 2 rings (SSSR count). The van der Waals surface area contributed by atoms with Crippen molar-refractivity contribution in [3.63, 3.8) is 0 Å². The van der Waals surface area contributed by atoms with Gasteiger partial charge in [0.25, 0.3) is 5.91 Å². The van der Waals surface area contributed by atoms with Crippen LogP contribution >= 0.6 is 0 Å². The van der Waals surface area contributed by atoms with Crippen molar-refractivity contribution in [3.05, 3.63) is 88.6 Å². The van der Waals surface area contributed by atoms with Crippen molar-refractivity contribution in [1.82, 2.24) is 0 Å². The first-order chi connectivity index (χ1) is 14.6. The number of anilines is 1. The van der Waals surface area contributed by atoms with Gasteiger partial charge in [0.05, 0.1) is 0 Å². The SMILES string of the molecule is CC(C=CC1=C(C)CCCC1(C)C)=CC=CC(C)=C(C(=O)O)C(=O)Nc1ccccc1. The zero-order valence-corrected chi connectivity index (χ0v) is 19.2. The largest absolute Gasteiger partial charge is 0.477 e. The summed E-state index contributed by atoms with van der Waals surface area (Å²) in [6.45, 7) is 10.4. The number of rotatable bonds is 7. The molecule has 1 aromatic carbocycles. The number of para-hydroxylation sites is 1. The first-order valence-electron chi connectivity index (χ1n) is 10.7. The van der Waals surface area contributed by atoms with Crippen LogP contribution in [0.3, 0.4) is 0 Å². The van der Waals surface area contributed by atoms with E-state index < -0.39 is 11.9 Å². The molecule has 0 aliphatic heterocycles. The standard InChI is InChI=1S/C27H33NO3/c1-19(16-17-23-20(2)13-10-18-27(23,4)5)11-9-12-21(3)24(26(30)31)25(29)28-22-14-7-6-8-15-22/h6-9,11-12,14-17H,10,13,18H2,1-5H3,(H,28,29)(H,30,31). The number of aliphatic carboxylic acids is 1. The Balaban J connectivity index is 2.15. The Hall–Kier alpha value is -3.14. The lowest BCUT2D eigenvalue weighted by Crippen LogP contribution is -2.21. The molecule has 4 nitrogen and oxygen atoms in total. The first kappa shape index (κ1) is 24.1. The van der Waals surface area contributed by atoms with Crippen molar-refractivity contribution in [1.29, 1.82) is 0 Å². The van der Waals surface area contributed by atoms with Gasteiger partial charge in [-0.05, 0) is 68.7 Å². The molecule has 0 radical (unpaired) electrons. The number of benzene rings is 1. The quantitative estimate of drug-likeness (QED) is 0.226. The highest BCUT2D eigenvalue weighted by Crippen LogP contribution is 2.40. The second-order valence-corrected chi connectivity index (χ2v) is 8.72. The summed E-state index contributed by atoms with van der Waals surface area (Å²) >= 11 is 0. The Morgan fingerprint density at radius 3 is 2.39 bits per heavy atom.